The molecule has 1 aliphatic heterocycles. The molecule has 1 aromatic rings. The van der Waals surface area contributed by atoms with E-state index in [4.69, 9.17) is 16.3 Å². The second kappa shape index (κ2) is 5.67. The van der Waals surface area contributed by atoms with Gasteiger partial charge >= 0.3 is 0 Å². The summed E-state index contributed by atoms with van der Waals surface area (Å²) in [5.41, 5.74) is 1.03. The van der Waals surface area contributed by atoms with E-state index in [1.165, 1.54) is 6.20 Å². The van der Waals surface area contributed by atoms with E-state index in [0.717, 1.165) is 6.42 Å². The normalized spacial score (nSPS) is 18.8. The molecule has 2 rings (SSSR count). The number of ether oxygens (including phenoxy) is 1. The van der Waals surface area contributed by atoms with Gasteiger partial charge in [-0.25, -0.2) is 13.4 Å². The first kappa shape index (κ1) is 13.3. The molecule has 0 spiro atoms. The Balaban J connectivity index is 2.24. The maximum absolute atomic E-state index is 10.6. The number of aliphatic imine (C=N–C) groups is 1. The van der Waals surface area contributed by atoms with Crippen molar-refractivity contribution in [1.82, 2.24) is 4.98 Å². The summed E-state index contributed by atoms with van der Waals surface area (Å²) >= 11 is 5.98. The summed E-state index contributed by atoms with van der Waals surface area (Å²) in [7, 11) is -2.53. The van der Waals surface area contributed by atoms with Crippen molar-refractivity contribution < 1.29 is 13.2 Å². The largest absolute Gasteiger partial charge is 0.475 e. The summed E-state index contributed by atoms with van der Waals surface area (Å²) in [4.78, 5) is 8.42. The fourth-order valence-corrected chi connectivity index (χ4v) is 2.43. The van der Waals surface area contributed by atoms with Crippen LogP contribution in [0.15, 0.2) is 17.3 Å². The van der Waals surface area contributed by atoms with E-state index < -0.39 is 10.7 Å². The minimum absolute atomic E-state index is 0.153. The van der Waals surface area contributed by atoms with Crippen molar-refractivity contribution in [2.24, 2.45) is 4.99 Å². The van der Waals surface area contributed by atoms with Gasteiger partial charge in [-0.3, -0.25) is 4.98 Å². The van der Waals surface area contributed by atoms with Gasteiger partial charge in [-0.2, -0.15) is 0 Å². The monoisotopic (exact) mass is 288 g/mol. The van der Waals surface area contributed by atoms with Crippen LogP contribution < -0.4 is 0 Å². The summed E-state index contributed by atoms with van der Waals surface area (Å²) < 4.78 is 26.7. The average Bonchev–Trinajstić information content (AvgIpc) is 2.80. The Morgan fingerprint density at radius 2 is 2.33 bits per heavy atom. The van der Waals surface area contributed by atoms with Crippen molar-refractivity contribution in [3.8, 4) is 0 Å². The standard InChI is InChI=1S/C11H13ClN2O3S/c1-2-8-5-17-11(14-8)7-3-9(12)10(13-4-7)6-18(15)16/h3-4,8,18H,2,5-6H2,1H3. The number of rotatable bonds is 4. The Bertz CT molecular complexity index is 549. The molecule has 0 radical (unpaired) electrons. The molecule has 5 nitrogen and oxygen atoms in total. The fourth-order valence-electron chi connectivity index (χ4n) is 1.60. The lowest BCUT2D eigenvalue weighted by Gasteiger charge is -2.04. The van der Waals surface area contributed by atoms with Crippen molar-refractivity contribution in [2.45, 2.75) is 25.1 Å². The zero-order valence-electron chi connectivity index (χ0n) is 9.80. The Morgan fingerprint density at radius 3 is 2.89 bits per heavy atom. The van der Waals surface area contributed by atoms with Gasteiger partial charge in [0.2, 0.25) is 5.90 Å². The Kier molecular flexibility index (Phi) is 4.19. The van der Waals surface area contributed by atoms with Gasteiger partial charge in [0.1, 0.15) is 17.3 Å². The Morgan fingerprint density at radius 1 is 1.56 bits per heavy atom. The maximum atomic E-state index is 10.6. The van der Waals surface area contributed by atoms with Crippen LogP contribution in [0.2, 0.25) is 5.02 Å². The van der Waals surface area contributed by atoms with Gasteiger partial charge in [0.05, 0.1) is 28.1 Å². The molecule has 0 N–H and O–H groups in total. The molecule has 1 aromatic heterocycles. The minimum Gasteiger partial charge on any atom is -0.475 e. The lowest BCUT2D eigenvalue weighted by molar-refractivity contribution is 0.315. The van der Waals surface area contributed by atoms with E-state index in [1.807, 2.05) is 6.92 Å². The molecule has 1 atom stereocenters. The van der Waals surface area contributed by atoms with Crippen LogP contribution in [-0.4, -0.2) is 31.9 Å². The third kappa shape index (κ3) is 3.00. The van der Waals surface area contributed by atoms with E-state index in [-0.39, 0.29) is 11.8 Å². The SMILES string of the molecule is CCC1COC(c2cnc(C[SH](=O)=O)c(Cl)c2)=N1. The van der Waals surface area contributed by atoms with Gasteiger partial charge in [-0.05, 0) is 12.5 Å². The number of hydrogen-bond donors (Lipinski definition) is 1. The van der Waals surface area contributed by atoms with Crippen molar-refractivity contribution >= 4 is 28.2 Å². The molecule has 0 fully saturated rings. The fraction of sp³-hybridized carbons (Fsp3) is 0.455. The number of nitrogens with zero attached hydrogens (tertiary/aromatic N) is 2. The van der Waals surface area contributed by atoms with Crippen molar-refractivity contribution in [3.63, 3.8) is 0 Å². The third-order valence-corrected chi connectivity index (χ3v) is 3.51. The molecule has 1 aliphatic rings. The topological polar surface area (TPSA) is 68.6 Å². The van der Waals surface area contributed by atoms with Crippen molar-refractivity contribution in [2.75, 3.05) is 6.61 Å². The molecule has 0 bridgehead atoms. The number of pyridine rings is 1. The highest BCUT2D eigenvalue weighted by atomic mass is 35.5. The smallest absolute Gasteiger partial charge is 0.218 e. The molecule has 98 valence electrons. The molecule has 7 heteroatoms. The van der Waals surface area contributed by atoms with E-state index in [0.29, 0.717) is 28.8 Å². The first-order valence-electron chi connectivity index (χ1n) is 5.57. The first-order valence-corrected chi connectivity index (χ1v) is 7.31. The number of thiol groups is 1. The van der Waals surface area contributed by atoms with Crippen LogP contribution in [0.1, 0.15) is 24.6 Å². The first-order chi connectivity index (χ1) is 8.60. The van der Waals surface area contributed by atoms with Gasteiger partial charge in [0.15, 0.2) is 0 Å². The van der Waals surface area contributed by atoms with Gasteiger partial charge in [-0.15, -0.1) is 0 Å². The second-order valence-electron chi connectivity index (χ2n) is 3.95. The maximum Gasteiger partial charge on any atom is 0.218 e. The summed E-state index contributed by atoms with van der Waals surface area (Å²) in [6.07, 6.45) is 2.45. The third-order valence-electron chi connectivity index (χ3n) is 2.63. The minimum atomic E-state index is -2.53. The highest BCUT2D eigenvalue weighted by molar-refractivity contribution is 7.71. The van der Waals surface area contributed by atoms with E-state index in [2.05, 4.69) is 9.98 Å². The van der Waals surface area contributed by atoms with E-state index >= 15 is 0 Å². The van der Waals surface area contributed by atoms with Gasteiger partial charge < -0.3 is 4.74 Å². The second-order valence-corrected chi connectivity index (χ2v) is 5.34. The molecule has 0 aliphatic carbocycles. The zero-order valence-corrected chi connectivity index (χ0v) is 11.4. The summed E-state index contributed by atoms with van der Waals surface area (Å²) in [6.45, 7) is 2.61. The number of halogens is 1. The highest BCUT2D eigenvalue weighted by Gasteiger charge is 2.19. The zero-order chi connectivity index (χ0) is 13.1. The molecule has 1 unspecified atom stereocenters. The number of aromatic nitrogens is 1. The molecule has 0 amide bonds. The van der Waals surface area contributed by atoms with E-state index in [9.17, 15) is 8.42 Å². The number of hydrogen-bond acceptors (Lipinski definition) is 5. The molecule has 0 aromatic carbocycles. The van der Waals surface area contributed by atoms with Crippen LogP contribution in [-0.2, 0) is 21.2 Å². The van der Waals surface area contributed by atoms with Crippen molar-refractivity contribution in [3.05, 3.63) is 28.5 Å². The molecular formula is C11H13ClN2O3S. The van der Waals surface area contributed by atoms with E-state index in [1.54, 1.807) is 6.07 Å². The van der Waals surface area contributed by atoms with Crippen LogP contribution in [0.5, 0.6) is 0 Å². The highest BCUT2D eigenvalue weighted by Crippen LogP contribution is 2.19. The molecule has 0 saturated carbocycles. The molecule has 0 saturated heterocycles. The van der Waals surface area contributed by atoms with Gasteiger partial charge in [-0.1, -0.05) is 18.5 Å². The Hall–Kier alpha value is -1.14. The van der Waals surface area contributed by atoms with Crippen LogP contribution in [0, 0.1) is 0 Å². The predicted octanol–water partition coefficient (Wildman–Crippen LogP) is 1.40. The summed E-state index contributed by atoms with van der Waals surface area (Å²) in [5, 5.41) is 0.318. The molecule has 18 heavy (non-hydrogen) atoms. The quantitative estimate of drug-likeness (QED) is 0.851. The average molecular weight is 289 g/mol. The van der Waals surface area contributed by atoms with Crippen LogP contribution >= 0.6 is 11.6 Å². The summed E-state index contributed by atoms with van der Waals surface area (Å²) in [5.74, 6) is 0.369. The lowest BCUT2D eigenvalue weighted by atomic mass is 10.2. The Labute approximate surface area is 112 Å². The van der Waals surface area contributed by atoms with Crippen LogP contribution in [0.3, 0.4) is 0 Å². The predicted molar refractivity (Wildman–Crippen MR) is 69.8 cm³/mol. The summed E-state index contributed by atoms with van der Waals surface area (Å²) in [6, 6.07) is 1.81. The van der Waals surface area contributed by atoms with Gasteiger partial charge in [0.25, 0.3) is 0 Å². The van der Waals surface area contributed by atoms with Gasteiger partial charge in [0, 0.05) is 6.20 Å². The van der Waals surface area contributed by atoms with Crippen LogP contribution in [0.4, 0.5) is 0 Å². The molecule has 2 heterocycles. The lowest BCUT2D eigenvalue weighted by Crippen LogP contribution is -2.05. The molecular weight excluding hydrogens is 276 g/mol. The van der Waals surface area contributed by atoms with Crippen molar-refractivity contribution in [1.29, 1.82) is 0 Å². The van der Waals surface area contributed by atoms with Crippen LogP contribution in [0.25, 0.3) is 0 Å².